The third-order valence-corrected chi connectivity index (χ3v) is 5.70. The van der Waals surface area contributed by atoms with E-state index >= 15 is 0 Å². The summed E-state index contributed by atoms with van der Waals surface area (Å²) in [5.74, 6) is 0.846. The minimum Gasteiger partial charge on any atom is -0.497 e. The monoisotopic (exact) mass is 355 g/mol. The normalized spacial score (nSPS) is 12.9. The van der Waals surface area contributed by atoms with Crippen LogP contribution in [0.1, 0.15) is 18.4 Å². The standard InChI is InChI=1S/C20H21NO3S/c1-15(16-6-4-3-5-7-16)14-21-25(22,23)20-11-9-17-12-19(24-2)10-8-18(17)13-20/h3-13,15,21H,14H2,1-2H3/t15-/m1/s1. The first-order valence-electron chi connectivity index (χ1n) is 8.12. The molecule has 0 bridgehead atoms. The van der Waals surface area contributed by atoms with E-state index in [4.69, 9.17) is 4.74 Å². The molecule has 1 atom stereocenters. The molecule has 0 aliphatic rings. The first-order valence-corrected chi connectivity index (χ1v) is 9.60. The average Bonchev–Trinajstić information content (AvgIpc) is 2.66. The largest absolute Gasteiger partial charge is 0.497 e. The van der Waals surface area contributed by atoms with Crippen LogP contribution in [0.3, 0.4) is 0 Å². The predicted molar refractivity (Wildman–Crippen MR) is 101 cm³/mol. The summed E-state index contributed by atoms with van der Waals surface area (Å²) >= 11 is 0. The number of sulfonamides is 1. The fraction of sp³-hybridized carbons (Fsp3) is 0.200. The Kier molecular flexibility index (Phi) is 5.06. The van der Waals surface area contributed by atoms with Crippen molar-refractivity contribution in [3.8, 4) is 5.75 Å². The lowest BCUT2D eigenvalue weighted by Crippen LogP contribution is -2.27. The van der Waals surface area contributed by atoms with Gasteiger partial charge in [0.2, 0.25) is 10.0 Å². The minimum absolute atomic E-state index is 0.0979. The fourth-order valence-electron chi connectivity index (χ4n) is 2.71. The SMILES string of the molecule is COc1ccc2cc(S(=O)(=O)NC[C@@H](C)c3ccccc3)ccc2c1. The van der Waals surface area contributed by atoms with E-state index in [1.54, 1.807) is 25.3 Å². The molecule has 3 aromatic rings. The smallest absolute Gasteiger partial charge is 0.240 e. The Labute approximate surface area is 148 Å². The summed E-state index contributed by atoms with van der Waals surface area (Å²) in [5, 5.41) is 1.80. The van der Waals surface area contributed by atoms with Gasteiger partial charge in [0, 0.05) is 6.54 Å². The van der Waals surface area contributed by atoms with Gasteiger partial charge in [-0.1, -0.05) is 49.4 Å². The first kappa shape index (κ1) is 17.5. The number of fused-ring (bicyclic) bond motifs is 1. The minimum atomic E-state index is -3.55. The highest BCUT2D eigenvalue weighted by molar-refractivity contribution is 7.89. The number of nitrogens with one attached hydrogen (secondary N) is 1. The lowest BCUT2D eigenvalue weighted by atomic mass is 10.0. The first-order chi connectivity index (χ1) is 12.0. The van der Waals surface area contributed by atoms with Gasteiger partial charge in [0.1, 0.15) is 5.75 Å². The summed E-state index contributed by atoms with van der Waals surface area (Å²) in [6.45, 7) is 2.36. The van der Waals surface area contributed by atoms with Gasteiger partial charge >= 0.3 is 0 Å². The van der Waals surface area contributed by atoms with E-state index in [0.717, 1.165) is 22.1 Å². The van der Waals surface area contributed by atoms with Gasteiger partial charge in [-0.15, -0.1) is 0 Å². The maximum Gasteiger partial charge on any atom is 0.240 e. The Balaban J connectivity index is 1.78. The van der Waals surface area contributed by atoms with Gasteiger partial charge in [-0.3, -0.25) is 0 Å². The highest BCUT2D eigenvalue weighted by Crippen LogP contribution is 2.24. The summed E-state index contributed by atoms with van der Waals surface area (Å²) in [7, 11) is -1.94. The van der Waals surface area contributed by atoms with Crippen LogP contribution in [0.2, 0.25) is 0 Å². The molecule has 0 heterocycles. The molecule has 1 N–H and O–H groups in total. The molecule has 0 radical (unpaired) electrons. The second kappa shape index (κ2) is 7.25. The molecule has 0 aliphatic heterocycles. The lowest BCUT2D eigenvalue weighted by Gasteiger charge is -2.14. The van der Waals surface area contributed by atoms with Crippen LogP contribution in [0.15, 0.2) is 71.6 Å². The molecular formula is C20H21NO3S. The van der Waals surface area contributed by atoms with Crippen LogP contribution in [0, 0.1) is 0 Å². The van der Waals surface area contributed by atoms with Crippen molar-refractivity contribution in [1.29, 1.82) is 0 Å². The van der Waals surface area contributed by atoms with Gasteiger partial charge in [-0.2, -0.15) is 0 Å². The van der Waals surface area contributed by atoms with E-state index in [2.05, 4.69) is 4.72 Å². The Morgan fingerprint density at radius 2 is 1.64 bits per heavy atom. The number of hydrogen-bond acceptors (Lipinski definition) is 3. The molecule has 5 heteroatoms. The van der Waals surface area contributed by atoms with Crippen molar-refractivity contribution in [1.82, 2.24) is 4.72 Å². The molecule has 0 fully saturated rings. The van der Waals surface area contributed by atoms with E-state index in [-0.39, 0.29) is 10.8 Å². The predicted octanol–water partition coefficient (Wildman–Crippen LogP) is 3.93. The number of methoxy groups -OCH3 is 1. The Hall–Kier alpha value is -2.37. The van der Waals surface area contributed by atoms with Crippen molar-refractivity contribution in [2.24, 2.45) is 0 Å². The van der Waals surface area contributed by atoms with Crippen LogP contribution in [0.4, 0.5) is 0 Å². The topological polar surface area (TPSA) is 55.4 Å². The van der Waals surface area contributed by atoms with Crippen molar-refractivity contribution in [2.75, 3.05) is 13.7 Å². The Morgan fingerprint density at radius 3 is 2.36 bits per heavy atom. The van der Waals surface area contributed by atoms with E-state index < -0.39 is 10.0 Å². The van der Waals surface area contributed by atoms with Crippen molar-refractivity contribution in [2.45, 2.75) is 17.7 Å². The van der Waals surface area contributed by atoms with E-state index in [1.165, 1.54) is 0 Å². The van der Waals surface area contributed by atoms with Gasteiger partial charge in [-0.25, -0.2) is 13.1 Å². The average molecular weight is 355 g/mol. The van der Waals surface area contributed by atoms with E-state index in [0.29, 0.717) is 6.54 Å². The molecular weight excluding hydrogens is 334 g/mol. The highest BCUT2D eigenvalue weighted by Gasteiger charge is 2.16. The summed E-state index contributed by atoms with van der Waals surface area (Å²) < 4.78 is 33.1. The molecule has 0 saturated heterocycles. The van der Waals surface area contributed by atoms with Crippen LogP contribution < -0.4 is 9.46 Å². The summed E-state index contributed by atoms with van der Waals surface area (Å²) in [6, 6.07) is 20.5. The lowest BCUT2D eigenvalue weighted by molar-refractivity contribution is 0.415. The van der Waals surface area contributed by atoms with Crippen molar-refractivity contribution in [3.05, 3.63) is 72.3 Å². The maximum atomic E-state index is 12.6. The molecule has 0 unspecified atom stereocenters. The van der Waals surface area contributed by atoms with Crippen LogP contribution in [0.25, 0.3) is 10.8 Å². The zero-order chi connectivity index (χ0) is 17.9. The van der Waals surface area contributed by atoms with Gasteiger partial charge < -0.3 is 4.74 Å². The number of hydrogen-bond donors (Lipinski definition) is 1. The molecule has 25 heavy (non-hydrogen) atoms. The maximum absolute atomic E-state index is 12.6. The summed E-state index contributed by atoms with van der Waals surface area (Å²) in [6.07, 6.45) is 0. The molecule has 4 nitrogen and oxygen atoms in total. The van der Waals surface area contributed by atoms with Crippen LogP contribution in [-0.4, -0.2) is 22.1 Å². The van der Waals surface area contributed by atoms with Crippen LogP contribution >= 0.6 is 0 Å². The van der Waals surface area contributed by atoms with Gasteiger partial charge in [0.25, 0.3) is 0 Å². The fourth-order valence-corrected chi connectivity index (χ4v) is 3.88. The highest BCUT2D eigenvalue weighted by atomic mass is 32.2. The third-order valence-electron chi connectivity index (χ3n) is 4.28. The molecule has 0 saturated carbocycles. The molecule has 3 aromatic carbocycles. The summed E-state index contributed by atoms with van der Waals surface area (Å²) in [5.41, 5.74) is 1.11. The molecule has 0 amide bonds. The van der Waals surface area contributed by atoms with Gasteiger partial charge in [0.15, 0.2) is 0 Å². The molecule has 0 aliphatic carbocycles. The van der Waals surface area contributed by atoms with Gasteiger partial charge in [-0.05, 0) is 46.5 Å². The second-order valence-electron chi connectivity index (χ2n) is 6.04. The van der Waals surface area contributed by atoms with E-state index in [9.17, 15) is 8.42 Å². The number of rotatable bonds is 6. The number of benzene rings is 3. The summed E-state index contributed by atoms with van der Waals surface area (Å²) in [4.78, 5) is 0.269. The molecule has 130 valence electrons. The molecule has 0 spiro atoms. The Morgan fingerprint density at radius 1 is 0.960 bits per heavy atom. The second-order valence-corrected chi connectivity index (χ2v) is 7.81. The van der Waals surface area contributed by atoms with Crippen molar-refractivity contribution >= 4 is 20.8 Å². The van der Waals surface area contributed by atoms with Crippen LogP contribution in [-0.2, 0) is 10.0 Å². The zero-order valence-electron chi connectivity index (χ0n) is 14.3. The van der Waals surface area contributed by atoms with Crippen molar-refractivity contribution in [3.63, 3.8) is 0 Å². The quantitative estimate of drug-likeness (QED) is 0.729. The van der Waals surface area contributed by atoms with E-state index in [1.807, 2.05) is 55.5 Å². The zero-order valence-corrected chi connectivity index (χ0v) is 15.1. The Bertz CT molecular complexity index is 969. The van der Waals surface area contributed by atoms with Gasteiger partial charge in [0.05, 0.1) is 12.0 Å². The third kappa shape index (κ3) is 4.00. The molecule has 0 aromatic heterocycles. The van der Waals surface area contributed by atoms with Crippen LogP contribution in [0.5, 0.6) is 5.75 Å². The van der Waals surface area contributed by atoms with Crippen molar-refractivity contribution < 1.29 is 13.2 Å². The number of ether oxygens (including phenoxy) is 1. The molecule has 3 rings (SSSR count).